The van der Waals surface area contributed by atoms with Gasteiger partial charge in [0.25, 0.3) is 0 Å². The highest BCUT2D eigenvalue weighted by molar-refractivity contribution is 6.05. The first kappa shape index (κ1) is 11.3. The molecule has 0 spiro atoms. The van der Waals surface area contributed by atoms with Gasteiger partial charge < -0.3 is 5.73 Å². The van der Waals surface area contributed by atoms with Crippen LogP contribution in [0.4, 0.5) is 0 Å². The topological polar surface area (TPSA) is 63.4 Å². The minimum absolute atomic E-state index is 0.0170. The van der Waals surface area contributed by atoms with Crippen LogP contribution in [0.15, 0.2) is 12.2 Å². The number of allylic oxidation sites excluding steroid dienone is 2. The third-order valence-corrected chi connectivity index (χ3v) is 3.65. The van der Waals surface area contributed by atoms with Crippen LogP contribution < -0.4 is 5.73 Å². The zero-order chi connectivity index (χ0) is 11.7. The van der Waals surface area contributed by atoms with Gasteiger partial charge in [0.2, 0.25) is 11.8 Å². The SMILES string of the molecule is CCC(CN)N1C(=O)[C@H]2CC=CC[C@H]2C1=O. The van der Waals surface area contributed by atoms with Crippen molar-refractivity contribution in [2.75, 3.05) is 6.54 Å². The number of hydrogen-bond donors (Lipinski definition) is 1. The number of carbonyl (C=O) groups is 2. The van der Waals surface area contributed by atoms with E-state index in [9.17, 15) is 9.59 Å². The van der Waals surface area contributed by atoms with Crippen LogP contribution in [0.25, 0.3) is 0 Å². The highest BCUT2D eigenvalue weighted by Crippen LogP contribution is 2.36. The molecule has 88 valence electrons. The van der Waals surface area contributed by atoms with Gasteiger partial charge in [-0.3, -0.25) is 14.5 Å². The van der Waals surface area contributed by atoms with Crippen LogP contribution in [0.3, 0.4) is 0 Å². The largest absolute Gasteiger partial charge is 0.328 e. The summed E-state index contributed by atoms with van der Waals surface area (Å²) in [5, 5.41) is 0. The molecule has 3 atom stereocenters. The van der Waals surface area contributed by atoms with Crippen LogP contribution in [0.1, 0.15) is 26.2 Å². The number of amides is 2. The lowest BCUT2D eigenvalue weighted by Gasteiger charge is -2.24. The van der Waals surface area contributed by atoms with E-state index in [-0.39, 0.29) is 29.7 Å². The fraction of sp³-hybridized carbons (Fsp3) is 0.667. The maximum Gasteiger partial charge on any atom is 0.233 e. The van der Waals surface area contributed by atoms with E-state index in [4.69, 9.17) is 5.73 Å². The van der Waals surface area contributed by atoms with Crippen molar-refractivity contribution in [1.29, 1.82) is 0 Å². The average Bonchev–Trinajstić information content (AvgIpc) is 2.57. The molecule has 1 fully saturated rings. The fourth-order valence-corrected chi connectivity index (χ4v) is 2.64. The highest BCUT2D eigenvalue weighted by atomic mass is 16.2. The predicted octanol–water partition coefficient (Wildman–Crippen LogP) is 0.675. The van der Waals surface area contributed by atoms with Gasteiger partial charge in [-0.15, -0.1) is 0 Å². The molecule has 2 amide bonds. The molecule has 0 aromatic heterocycles. The summed E-state index contributed by atoms with van der Waals surface area (Å²) >= 11 is 0. The molecule has 2 N–H and O–H groups in total. The van der Waals surface area contributed by atoms with Gasteiger partial charge in [0, 0.05) is 6.54 Å². The van der Waals surface area contributed by atoms with Crippen LogP contribution in [0.5, 0.6) is 0 Å². The third kappa shape index (κ3) is 1.57. The Balaban J connectivity index is 2.23. The summed E-state index contributed by atoms with van der Waals surface area (Å²) in [5.74, 6) is -0.287. The van der Waals surface area contributed by atoms with E-state index in [1.54, 1.807) is 0 Å². The molecular formula is C12H18N2O2. The molecule has 1 unspecified atom stereocenters. The van der Waals surface area contributed by atoms with Crippen LogP contribution in [0.2, 0.25) is 0 Å². The van der Waals surface area contributed by atoms with Crippen molar-refractivity contribution in [3.05, 3.63) is 12.2 Å². The Morgan fingerprint density at radius 1 is 1.31 bits per heavy atom. The second-order valence-electron chi connectivity index (χ2n) is 4.50. The van der Waals surface area contributed by atoms with Gasteiger partial charge in [0.05, 0.1) is 17.9 Å². The standard InChI is InChI=1S/C12H18N2O2/c1-2-8(7-13)14-11(15)9-5-3-4-6-10(9)12(14)16/h3-4,8-10H,2,5-7,13H2,1H3/t8?,9-,10+. The molecule has 1 saturated heterocycles. The molecule has 0 aromatic carbocycles. The van der Waals surface area contributed by atoms with E-state index in [0.717, 1.165) is 6.42 Å². The molecular weight excluding hydrogens is 204 g/mol. The van der Waals surface area contributed by atoms with Gasteiger partial charge in [-0.05, 0) is 19.3 Å². The molecule has 0 aromatic rings. The maximum absolute atomic E-state index is 12.1. The van der Waals surface area contributed by atoms with Gasteiger partial charge in [0.15, 0.2) is 0 Å². The van der Waals surface area contributed by atoms with Gasteiger partial charge in [-0.25, -0.2) is 0 Å². The molecule has 16 heavy (non-hydrogen) atoms. The Morgan fingerprint density at radius 2 is 1.81 bits per heavy atom. The summed E-state index contributed by atoms with van der Waals surface area (Å²) in [7, 11) is 0. The van der Waals surface area contributed by atoms with Crippen molar-refractivity contribution >= 4 is 11.8 Å². The lowest BCUT2D eigenvalue weighted by Crippen LogP contribution is -2.44. The summed E-state index contributed by atoms with van der Waals surface area (Å²) in [6.07, 6.45) is 6.14. The highest BCUT2D eigenvalue weighted by Gasteiger charge is 2.48. The Labute approximate surface area is 95.5 Å². The first-order chi connectivity index (χ1) is 7.70. The van der Waals surface area contributed by atoms with E-state index >= 15 is 0 Å². The van der Waals surface area contributed by atoms with Crippen molar-refractivity contribution in [3.63, 3.8) is 0 Å². The number of imide groups is 1. The van der Waals surface area contributed by atoms with Crippen molar-refractivity contribution in [1.82, 2.24) is 4.90 Å². The van der Waals surface area contributed by atoms with Gasteiger partial charge in [0.1, 0.15) is 0 Å². The summed E-state index contributed by atoms with van der Waals surface area (Å²) in [4.78, 5) is 25.7. The van der Waals surface area contributed by atoms with E-state index in [1.807, 2.05) is 19.1 Å². The quantitative estimate of drug-likeness (QED) is 0.564. The molecule has 4 heteroatoms. The average molecular weight is 222 g/mol. The van der Waals surface area contributed by atoms with Crippen molar-refractivity contribution in [2.24, 2.45) is 17.6 Å². The lowest BCUT2D eigenvalue weighted by molar-refractivity contribution is -0.142. The number of likely N-dealkylation sites (tertiary alicyclic amines) is 1. The van der Waals surface area contributed by atoms with Crippen LogP contribution in [-0.2, 0) is 9.59 Å². The van der Waals surface area contributed by atoms with Crippen molar-refractivity contribution < 1.29 is 9.59 Å². The smallest absolute Gasteiger partial charge is 0.233 e. The minimum Gasteiger partial charge on any atom is -0.328 e. The zero-order valence-electron chi connectivity index (χ0n) is 9.56. The monoisotopic (exact) mass is 222 g/mol. The molecule has 4 nitrogen and oxygen atoms in total. The minimum atomic E-state index is -0.127. The predicted molar refractivity (Wildman–Crippen MR) is 60.3 cm³/mol. The fourth-order valence-electron chi connectivity index (χ4n) is 2.64. The molecule has 1 heterocycles. The normalized spacial score (nSPS) is 30.8. The summed E-state index contributed by atoms with van der Waals surface area (Å²) in [6, 6.07) is -0.120. The van der Waals surface area contributed by atoms with Gasteiger partial charge >= 0.3 is 0 Å². The number of nitrogens with zero attached hydrogens (tertiary/aromatic N) is 1. The van der Waals surface area contributed by atoms with Crippen LogP contribution in [0, 0.1) is 11.8 Å². The Hall–Kier alpha value is -1.16. The molecule has 0 saturated carbocycles. The van der Waals surface area contributed by atoms with Crippen LogP contribution in [-0.4, -0.2) is 29.3 Å². The van der Waals surface area contributed by atoms with E-state index in [0.29, 0.717) is 19.4 Å². The third-order valence-electron chi connectivity index (χ3n) is 3.65. The molecule has 1 aliphatic carbocycles. The summed E-state index contributed by atoms with van der Waals surface area (Å²) in [6.45, 7) is 2.32. The van der Waals surface area contributed by atoms with E-state index < -0.39 is 0 Å². The Kier molecular flexibility index (Phi) is 3.10. The molecule has 1 aliphatic heterocycles. The second kappa shape index (κ2) is 4.37. The number of nitrogens with two attached hydrogens (primary N) is 1. The summed E-state index contributed by atoms with van der Waals surface area (Å²) < 4.78 is 0. The number of carbonyl (C=O) groups excluding carboxylic acids is 2. The zero-order valence-corrected chi connectivity index (χ0v) is 9.56. The van der Waals surface area contributed by atoms with E-state index in [1.165, 1.54) is 4.90 Å². The van der Waals surface area contributed by atoms with Gasteiger partial charge in [-0.2, -0.15) is 0 Å². The first-order valence-corrected chi connectivity index (χ1v) is 5.92. The number of rotatable bonds is 3. The summed E-state index contributed by atoms with van der Waals surface area (Å²) in [5.41, 5.74) is 5.62. The second-order valence-corrected chi connectivity index (χ2v) is 4.50. The Bertz CT molecular complexity index is 308. The van der Waals surface area contributed by atoms with Crippen molar-refractivity contribution in [3.8, 4) is 0 Å². The maximum atomic E-state index is 12.1. The van der Waals surface area contributed by atoms with Gasteiger partial charge in [-0.1, -0.05) is 19.1 Å². The van der Waals surface area contributed by atoms with Crippen molar-refractivity contribution in [2.45, 2.75) is 32.2 Å². The number of fused-ring (bicyclic) bond motifs is 1. The Morgan fingerprint density at radius 3 is 2.19 bits per heavy atom. The molecule has 2 rings (SSSR count). The first-order valence-electron chi connectivity index (χ1n) is 5.92. The van der Waals surface area contributed by atoms with E-state index in [2.05, 4.69) is 0 Å². The lowest BCUT2D eigenvalue weighted by atomic mass is 9.85. The molecule has 2 aliphatic rings. The molecule has 0 bridgehead atoms. The molecule has 0 radical (unpaired) electrons. The number of hydrogen-bond acceptors (Lipinski definition) is 3. The van der Waals surface area contributed by atoms with Crippen LogP contribution >= 0.6 is 0 Å².